The summed E-state index contributed by atoms with van der Waals surface area (Å²) in [5, 5.41) is 2.69. The lowest BCUT2D eigenvalue weighted by Gasteiger charge is -2.05. The number of carbonyl (C=O) groups is 2. The Kier molecular flexibility index (Phi) is 5.66. The van der Waals surface area contributed by atoms with Crippen LogP contribution in [0.3, 0.4) is 0 Å². The Labute approximate surface area is 133 Å². The number of aromatic nitrogens is 1. The molecule has 0 aromatic carbocycles. The van der Waals surface area contributed by atoms with Crippen LogP contribution in [-0.2, 0) is 11.2 Å². The van der Waals surface area contributed by atoms with Gasteiger partial charge in [-0.15, -0.1) is 11.3 Å². The minimum absolute atomic E-state index is 0.147. The molecule has 0 radical (unpaired) electrons. The molecule has 6 heteroatoms. The molecule has 0 spiro atoms. The van der Waals surface area contributed by atoms with Crippen molar-refractivity contribution in [1.82, 2.24) is 10.3 Å². The van der Waals surface area contributed by atoms with E-state index in [9.17, 15) is 9.59 Å². The molecule has 2 rings (SSSR count). The van der Waals surface area contributed by atoms with Crippen molar-refractivity contribution >= 4 is 23.2 Å². The summed E-state index contributed by atoms with van der Waals surface area (Å²) in [6.07, 6.45) is 4.02. The van der Waals surface area contributed by atoms with E-state index < -0.39 is 0 Å². The molecule has 22 heavy (non-hydrogen) atoms. The first-order chi connectivity index (χ1) is 10.6. The summed E-state index contributed by atoms with van der Waals surface area (Å²) >= 11 is 1.46. The van der Waals surface area contributed by atoms with Crippen molar-refractivity contribution in [1.29, 1.82) is 0 Å². The molecule has 0 bridgehead atoms. The van der Waals surface area contributed by atoms with Gasteiger partial charge in [0, 0.05) is 22.8 Å². The Hall–Kier alpha value is -2.21. The van der Waals surface area contributed by atoms with Gasteiger partial charge in [-0.1, -0.05) is 6.92 Å². The number of rotatable bonds is 6. The zero-order valence-electron chi connectivity index (χ0n) is 12.6. The summed E-state index contributed by atoms with van der Waals surface area (Å²) in [6, 6.07) is 5.10. The van der Waals surface area contributed by atoms with E-state index >= 15 is 0 Å². The Morgan fingerprint density at radius 2 is 2.05 bits per heavy atom. The normalized spacial score (nSPS) is 10.3. The largest absolute Gasteiger partial charge is 0.460 e. The summed E-state index contributed by atoms with van der Waals surface area (Å²) < 4.78 is 5.17. The molecule has 0 atom stereocenters. The third-order valence-corrected chi connectivity index (χ3v) is 4.47. The Balaban J connectivity index is 1.76. The van der Waals surface area contributed by atoms with Crippen LogP contribution in [0.15, 0.2) is 30.6 Å². The van der Waals surface area contributed by atoms with Crippen molar-refractivity contribution in [2.24, 2.45) is 0 Å². The predicted octanol–water partition coefficient (Wildman–Crippen LogP) is 2.60. The van der Waals surface area contributed by atoms with Gasteiger partial charge in [0.15, 0.2) is 0 Å². The number of ether oxygens (including phenoxy) is 1. The number of pyridine rings is 1. The van der Waals surface area contributed by atoms with E-state index in [2.05, 4.69) is 17.2 Å². The second-order valence-electron chi connectivity index (χ2n) is 4.70. The average Bonchev–Trinajstić information content (AvgIpc) is 2.93. The predicted molar refractivity (Wildman–Crippen MR) is 85.3 cm³/mol. The molecule has 0 saturated carbocycles. The fraction of sp³-hybridized carbons (Fsp3) is 0.312. The zero-order chi connectivity index (χ0) is 15.9. The van der Waals surface area contributed by atoms with Gasteiger partial charge in [-0.05, 0) is 37.1 Å². The van der Waals surface area contributed by atoms with E-state index in [4.69, 9.17) is 4.74 Å². The highest BCUT2D eigenvalue weighted by molar-refractivity contribution is 7.14. The standard InChI is InChI=1S/C16H18N2O3S/c1-3-13-11(2)10-14(22-13)16(20)21-9-8-18-15(19)12-4-6-17-7-5-12/h4-7,10H,3,8-9H2,1-2H3,(H,18,19). The molecule has 116 valence electrons. The highest BCUT2D eigenvalue weighted by atomic mass is 32.1. The number of thiophene rings is 1. The van der Waals surface area contributed by atoms with Crippen LogP contribution in [0.25, 0.3) is 0 Å². The van der Waals surface area contributed by atoms with Crippen LogP contribution < -0.4 is 5.32 Å². The maximum atomic E-state index is 11.9. The molecule has 2 aromatic rings. The molecular weight excluding hydrogens is 300 g/mol. The Morgan fingerprint density at radius 3 is 2.68 bits per heavy atom. The van der Waals surface area contributed by atoms with E-state index in [1.54, 1.807) is 24.5 Å². The first-order valence-corrected chi connectivity index (χ1v) is 7.88. The van der Waals surface area contributed by atoms with Crippen molar-refractivity contribution in [2.45, 2.75) is 20.3 Å². The van der Waals surface area contributed by atoms with Crippen molar-refractivity contribution in [2.75, 3.05) is 13.2 Å². The Morgan fingerprint density at radius 1 is 1.32 bits per heavy atom. The minimum atomic E-state index is -0.342. The number of amides is 1. The summed E-state index contributed by atoms with van der Waals surface area (Å²) in [5.41, 5.74) is 1.65. The van der Waals surface area contributed by atoms with Gasteiger partial charge in [-0.2, -0.15) is 0 Å². The van der Waals surface area contributed by atoms with Gasteiger partial charge in [0.2, 0.25) is 0 Å². The van der Waals surface area contributed by atoms with E-state index in [0.717, 1.165) is 12.0 Å². The van der Waals surface area contributed by atoms with Crippen molar-refractivity contribution < 1.29 is 14.3 Å². The third-order valence-electron chi connectivity index (χ3n) is 3.11. The summed E-state index contributed by atoms with van der Waals surface area (Å²) in [7, 11) is 0. The molecule has 0 saturated heterocycles. The first-order valence-electron chi connectivity index (χ1n) is 7.06. The molecule has 0 fully saturated rings. The quantitative estimate of drug-likeness (QED) is 0.656. The second kappa shape index (κ2) is 7.70. The number of hydrogen-bond acceptors (Lipinski definition) is 5. The smallest absolute Gasteiger partial charge is 0.348 e. The lowest BCUT2D eigenvalue weighted by molar-refractivity contribution is 0.0508. The number of esters is 1. The highest BCUT2D eigenvalue weighted by Crippen LogP contribution is 2.22. The molecule has 0 aliphatic heterocycles. The van der Waals surface area contributed by atoms with Gasteiger partial charge in [0.25, 0.3) is 5.91 Å². The fourth-order valence-electron chi connectivity index (χ4n) is 1.96. The van der Waals surface area contributed by atoms with E-state index in [1.165, 1.54) is 16.2 Å². The van der Waals surface area contributed by atoms with Gasteiger partial charge in [-0.3, -0.25) is 9.78 Å². The number of carbonyl (C=O) groups excluding carboxylic acids is 2. The Bertz CT molecular complexity index is 653. The average molecular weight is 318 g/mol. The van der Waals surface area contributed by atoms with Gasteiger partial charge in [0.1, 0.15) is 11.5 Å². The lowest BCUT2D eigenvalue weighted by Crippen LogP contribution is -2.27. The number of aryl methyl sites for hydroxylation is 2. The van der Waals surface area contributed by atoms with Crippen LogP contribution in [0, 0.1) is 6.92 Å². The molecule has 1 amide bonds. The van der Waals surface area contributed by atoms with Crippen molar-refractivity contribution in [3.63, 3.8) is 0 Å². The summed E-state index contributed by atoms with van der Waals surface area (Å²) in [4.78, 5) is 29.3. The van der Waals surface area contributed by atoms with Crippen LogP contribution in [0.1, 0.15) is 37.4 Å². The van der Waals surface area contributed by atoms with Gasteiger partial charge >= 0.3 is 5.97 Å². The molecule has 2 aromatic heterocycles. The SMILES string of the molecule is CCc1sc(C(=O)OCCNC(=O)c2ccncc2)cc1C. The molecule has 2 heterocycles. The number of hydrogen-bond donors (Lipinski definition) is 1. The van der Waals surface area contributed by atoms with Crippen LogP contribution in [0.4, 0.5) is 0 Å². The first kappa shape index (κ1) is 16.2. The number of nitrogens with one attached hydrogen (secondary N) is 1. The van der Waals surface area contributed by atoms with Crippen molar-refractivity contribution in [3.05, 3.63) is 51.5 Å². The van der Waals surface area contributed by atoms with E-state index in [-0.39, 0.29) is 25.0 Å². The van der Waals surface area contributed by atoms with Crippen LogP contribution in [0.2, 0.25) is 0 Å². The summed E-state index contributed by atoms with van der Waals surface area (Å²) in [5.74, 6) is -0.551. The minimum Gasteiger partial charge on any atom is -0.460 e. The maximum absolute atomic E-state index is 11.9. The van der Waals surface area contributed by atoms with Crippen LogP contribution in [-0.4, -0.2) is 30.0 Å². The van der Waals surface area contributed by atoms with E-state index in [1.807, 2.05) is 13.0 Å². The molecule has 0 unspecified atom stereocenters. The maximum Gasteiger partial charge on any atom is 0.348 e. The molecule has 5 nitrogen and oxygen atoms in total. The lowest BCUT2D eigenvalue weighted by atomic mass is 10.2. The molecule has 1 N–H and O–H groups in total. The van der Waals surface area contributed by atoms with Gasteiger partial charge < -0.3 is 10.1 Å². The fourth-order valence-corrected chi connectivity index (χ4v) is 2.96. The van der Waals surface area contributed by atoms with Crippen LogP contribution in [0.5, 0.6) is 0 Å². The van der Waals surface area contributed by atoms with Crippen LogP contribution >= 0.6 is 11.3 Å². The summed E-state index contributed by atoms with van der Waals surface area (Å²) in [6.45, 7) is 4.47. The van der Waals surface area contributed by atoms with Gasteiger partial charge in [-0.25, -0.2) is 4.79 Å². The second-order valence-corrected chi connectivity index (χ2v) is 5.83. The topological polar surface area (TPSA) is 68.3 Å². The van der Waals surface area contributed by atoms with Gasteiger partial charge in [0.05, 0.1) is 6.54 Å². The highest BCUT2D eigenvalue weighted by Gasteiger charge is 2.13. The molecule has 0 aliphatic carbocycles. The molecular formula is C16H18N2O3S. The molecule has 0 aliphatic rings. The number of nitrogens with zero attached hydrogens (tertiary/aromatic N) is 1. The van der Waals surface area contributed by atoms with E-state index in [0.29, 0.717) is 10.4 Å². The van der Waals surface area contributed by atoms with Crippen molar-refractivity contribution in [3.8, 4) is 0 Å². The third kappa shape index (κ3) is 4.14. The monoisotopic (exact) mass is 318 g/mol. The zero-order valence-corrected chi connectivity index (χ0v) is 13.4.